The summed E-state index contributed by atoms with van der Waals surface area (Å²) in [6.07, 6.45) is 4.22. The maximum absolute atomic E-state index is 3.34. The maximum Gasteiger partial charge on any atom is 0.000577 e. The Labute approximate surface area is 98.3 Å². The monoisotopic (exact) mass is 215 g/mol. The molecule has 3 aliphatic rings. The second-order valence-electron chi connectivity index (χ2n) is 6.16. The summed E-state index contributed by atoms with van der Waals surface area (Å²) in [6.45, 7) is 5.68. The van der Waals surface area contributed by atoms with E-state index in [0.717, 1.165) is 0 Å². The van der Waals surface area contributed by atoms with Crippen LogP contribution in [0.2, 0.25) is 0 Å². The van der Waals surface area contributed by atoms with Gasteiger partial charge in [-0.15, -0.1) is 0 Å². The molecule has 0 aliphatic heterocycles. The molecule has 0 heterocycles. The zero-order valence-electron chi connectivity index (χ0n) is 10.6. The molecule has 86 valence electrons. The highest BCUT2D eigenvalue weighted by atomic mass is 14.9. The molecule has 1 aromatic carbocycles. The minimum absolute atomic E-state index is 0.562. The molecule has 1 heteroatoms. The molecule has 1 aromatic rings. The Bertz CT molecular complexity index is 413. The van der Waals surface area contributed by atoms with Gasteiger partial charge in [-0.05, 0) is 62.1 Å². The molecule has 2 bridgehead atoms. The number of aryl methyl sites for hydroxylation is 2. The molecule has 0 amide bonds. The van der Waals surface area contributed by atoms with Crippen molar-refractivity contribution in [2.45, 2.75) is 38.5 Å². The first-order chi connectivity index (χ1) is 7.59. The molecule has 0 spiro atoms. The normalized spacial score (nSPS) is 35.4. The highest BCUT2D eigenvalue weighted by Crippen LogP contribution is 2.73. The van der Waals surface area contributed by atoms with Gasteiger partial charge in [0, 0.05) is 6.54 Å². The fourth-order valence-corrected chi connectivity index (χ4v) is 4.15. The quantitative estimate of drug-likeness (QED) is 0.817. The summed E-state index contributed by atoms with van der Waals surface area (Å²) in [5, 5.41) is 3.34. The topological polar surface area (TPSA) is 12.0 Å². The molecular formula is C15H21N. The molecule has 0 aromatic heterocycles. The van der Waals surface area contributed by atoms with Gasteiger partial charge in [0.1, 0.15) is 0 Å². The molecule has 4 rings (SSSR count). The Hall–Kier alpha value is -0.820. The van der Waals surface area contributed by atoms with Crippen molar-refractivity contribution in [1.29, 1.82) is 0 Å². The van der Waals surface area contributed by atoms with Crippen molar-refractivity contribution in [2.24, 2.45) is 5.41 Å². The minimum atomic E-state index is 0.562. The van der Waals surface area contributed by atoms with Crippen molar-refractivity contribution in [3.63, 3.8) is 0 Å². The average molecular weight is 215 g/mol. The smallest absolute Gasteiger partial charge is 0.000577 e. The fourth-order valence-electron chi connectivity index (χ4n) is 4.15. The number of hydrogen-bond donors (Lipinski definition) is 1. The highest BCUT2D eigenvalue weighted by Gasteiger charge is 2.67. The third kappa shape index (κ3) is 1.21. The summed E-state index contributed by atoms with van der Waals surface area (Å²) < 4.78 is 0. The van der Waals surface area contributed by atoms with Crippen LogP contribution in [0.4, 0.5) is 0 Å². The fraction of sp³-hybridized carbons (Fsp3) is 0.600. The van der Waals surface area contributed by atoms with Gasteiger partial charge in [0.15, 0.2) is 0 Å². The molecule has 0 radical (unpaired) electrons. The third-order valence-electron chi connectivity index (χ3n) is 4.66. The van der Waals surface area contributed by atoms with Gasteiger partial charge in [0.05, 0.1) is 0 Å². The lowest BCUT2D eigenvalue weighted by molar-refractivity contribution is -0.137. The van der Waals surface area contributed by atoms with E-state index < -0.39 is 0 Å². The van der Waals surface area contributed by atoms with Gasteiger partial charge in [0.2, 0.25) is 0 Å². The lowest BCUT2D eigenvalue weighted by Crippen LogP contribution is -2.67. The Morgan fingerprint density at radius 2 is 1.88 bits per heavy atom. The van der Waals surface area contributed by atoms with Crippen LogP contribution < -0.4 is 5.32 Å². The second kappa shape index (κ2) is 3.10. The molecule has 3 aliphatic carbocycles. The van der Waals surface area contributed by atoms with Crippen LogP contribution in [-0.4, -0.2) is 13.6 Å². The van der Waals surface area contributed by atoms with E-state index >= 15 is 0 Å². The molecule has 0 unspecified atom stereocenters. The lowest BCUT2D eigenvalue weighted by Gasteiger charge is -2.71. The second-order valence-corrected chi connectivity index (χ2v) is 6.16. The van der Waals surface area contributed by atoms with Gasteiger partial charge in [-0.25, -0.2) is 0 Å². The average Bonchev–Trinajstić information content (AvgIpc) is 2.13. The first kappa shape index (κ1) is 10.3. The summed E-state index contributed by atoms with van der Waals surface area (Å²) in [5.41, 5.74) is 5.75. The van der Waals surface area contributed by atoms with Crippen molar-refractivity contribution in [3.05, 3.63) is 34.9 Å². The van der Waals surface area contributed by atoms with Crippen LogP contribution in [0.1, 0.15) is 36.0 Å². The SMILES string of the molecule is CNCC12CC(c3cc(C)ccc3C)(C1)C2. The Morgan fingerprint density at radius 3 is 2.50 bits per heavy atom. The van der Waals surface area contributed by atoms with E-state index in [-0.39, 0.29) is 0 Å². The minimum Gasteiger partial charge on any atom is -0.319 e. The van der Waals surface area contributed by atoms with Gasteiger partial charge >= 0.3 is 0 Å². The van der Waals surface area contributed by atoms with Crippen LogP contribution in [0.5, 0.6) is 0 Å². The number of hydrogen-bond acceptors (Lipinski definition) is 1. The van der Waals surface area contributed by atoms with Gasteiger partial charge in [-0.3, -0.25) is 0 Å². The van der Waals surface area contributed by atoms with Gasteiger partial charge in [-0.1, -0.05) is 23.8 Å². The van der Waals surface area contributed by atoms with Gasteiger partial charge in [0.25, 0.3) is 0 Å². The van der Waals surface area contributed by atoms with Crippen LogP contribution >= 0.6 is 0 Å². The van der Waals surface area contributed by atoms with Crippen molar-refractivity contribution in [2.75, 3.05) is 13.6 Å². The van der Waals surface area contributed by atoms with Crippen molar-refractivity contribution < 1.29 is 0 Å². The Morgan fingerprint density at radius 1 is 1.19 bits per heavy atom. The van der Waals surface area contributed by atoms with Crippen molar-refractivity contribution in [3.8, 4) is 0 Å². The van der Waals surface area contributed by atoms with Crippen LogP contribution in [-0.2, 0) is 5.41 Å². The van der Waals surface area contributed by atoms with Crippen molar-refractivity contribution in [1.82, 2.24) is 5.32 Å². The lowest BCUT2D eigenvalue weighted by atomic mass is 9.33. The van der Waals surface area contributed by atoms with E-state index in [1.807, 2.05) is 0 Å². The molecular weight excluding hydrogens is 194 g/mol. The third-order valence-corrected chi connectivity index (χ3v) is 4.66. The van der Waals surface area contributed by atoms with E-state index in [1.54, 1.807) is 5.56 Å². The molecule has 1 nitrogen and oxygen atoms in total. The molecule has 0 atom stereocenters. The largest absolute Gasteiger partial charge is 0.319 e. The summed E-state index contributed by atoms with van der Waals surface area (Å²) >= 11 is 0. The van der Waals surface area contributed by atoms with E-state index in [4.69, 9.17) is 0 Å². The highest BCUT2D eigenvalue weighted by molar-refractivity contribution is 5.45. The van der Waals surface area contributed by atoms with E-state index in [0.29, 0.717) is 10.8 Å². The molecule has 16 heavy (non-hydrogen) atoms. The van der Waals surface area contributed by atoms with E-state index in [2.05, 4.69) is 44.4 Å². The maximum atomic E-state index is 3.34. The van der Waals surface area contributed by atoms with Gasteiger partial charge < -0.3 is 5.32 Å². The number of benzene rings is 1. The van der Waals surface area contributed by atoms with Crippen LogP contribution in [0.15, 0.2) is 18.2 Å². The zero-order valence-corrected chi connectivity index (χ0v) is 10.6. The van der Waals surface area contributed by atoms with Gasteiger partial charge in [-0.2, -0.15) is 0 Å². The number of nitrogens with one attached hydrogen (secondary N) is 1. The molecule has 3 fully saturated rings. The van der Waals surface area contributed by atoms with E-state index in [1.165, 1.54) is 36.9 Å². The molecule has 0 saturated heterocycles. The zero-order chi connectivity index (χ0) is 11.4. The summed E-state index contributed by atoms with van der Waals surface area (Å²) in [7, 11) is 2.07. The first-order valence-electron chi connectivity index (χ1n) is 6.32. The number of rotatable bonds is 3. The predicted molar refractivity (Wildman–Crippen MR) is 67.8 cm³/mol. The van der Waals surface area contributed by atoms with Crippen LogP contribution in [0, 0.1) is 19.3 Å². The van der Waals surface area contributed by atoms with Crippen molar-refractivity contribution >= 4 is 0 Å². The summed E-state index contributed by atoms with van der Waals surface area (Å²) in [5.74, 6) is 0. The van der Waals surface area contributed by atoms with Crippen LogP contribution in [0.3, 0.4) is 0 Å². The molecule has 1 N–H and O–H groups in total. The Kier molecular flexibility index (Phi) is 2.00. The summed E-state index contributed by atoms with van der Waals surface area (Å²) in [6, 6.07) is 6.93. The first-order valence-corrected chi connectivity index (χ1v) is 6.32. The predicted octanol–water partition coefficient (Wildman–Crippen LogP) is 2.94. The Balaban J connectivity index is 1.84. The van der Waals surface area contributed by atoms with E-state index in [9.17, 15) is 0 Å². The van der Waals surface area contributed by atoms with Crippen LogP contribution in [0.25, 0.3) is 0 Å². The summed E-state index contributed by atoms with van der Waals surface area (Å²) in [4.78, 5) is 0. The molecule has 3 saturated carbocycles. The standard InChI is InChI=1S/C15H21N/c1-11-4-5-12(2)13(6-11)15-7-14(8-15,9-15)10-16-3/h4-6,16H,7-10H2,1-3H3.